The molecule has 0 N–H and O–H groups in total. The molecule has 0 fully saturated rings. The molecule has 1 aromatic rings. The highest BCUT2D eigenvalue weighted by molar-refractivity contribution is 5.91. The molecule has 0 amide bonds. The predicted octanol–water partition coefficient (Wildman–Crippen LogP) is 1.05. The van der Waals surface area contributed by atoms with Gasteiger partial charge in [0.2, 0.25) is 0 Å². The van der Waals surface area contributed by atoms with Crippen molar-refractivity contribution in [2.75, 3.05) is 7.11 Å². The van der Waals surface area contributed by atoms with E-state index < -0.39 is 11.9 Å². The summed E-state index contributed by atoms with van der Waals surface area (Å²) in [6.07, 6.45) is 3.46. The van der Waals surface area contributed by atoms with E-state index in [-0.39, 0.29) is 6.61 Å². The van der Waals surface area contributed by atoms with Crippen LogP contribution in [0.25, 0.3) is 0 Å². The van der Waals surface area contributed by atoms with Crippen molar-refractivity contribution in [2.24, 2.45) is 0 Å². The van der Waals surface area contributed by atoms with Crippen molar-refractivity contribution >= 4 is 11.9 Å². The number of hydrogen-bond donors (Lipinski definition) is 0. The molecule has 1 aromatic heterocycles. The van der Waals surface area contributed by atoms with Crippen molar-refractivity contribution in [2.45, 2.75) is 6.61 Å². The maximum absolute atomic E-state index is 11.0. The molecule has 5 heteroatoms. The van der Waals surface area contributed by atoms with Crippen molar-refractivity contribution in [1.82, 2.24) is 0 Å². The molecule has 0 spiro atoms. The van der Waals surface area contributed by atoms with Crippen LogP contribution in [-0.2, 0) is 25.7 Å². The molecule has 5 nitrogen and oxygen atoms in total. The molecule has 15 heavy (non-hydrogen) atoms. The van der Waals surface area contributed by atoms with Crippen molar-refractivity contribution < 1.29 is 23.5 Å². The minimum atomic E-state index is -0.628. The molecule has 0 atom stereocenters. The average molecular weight is 210 g/mol. The van der Waals surface area contributed by atoms with Gasteiger partial charge >= 0.3 is 11.9 Å². The average Bonchev–Trinajstić information content (AvgIpc) is 2.75. The van der Waals surface area contributed by atoms with E-state index in [1.807, 2.05) is 0 Å². The first-order valence-corrected chi connectivity index (χ1v) is 4.17. The zero-order valence-electron chi connectivity index (χ0n) is 8.14. The number of methoxy groups -OCH3 is 1. The van der Waals surface area contributed by atoms with Crippen LogP contribution in [0.4, 0.5) is 0 Å². The van der Waals surface area contributed by atoms with Crippen molar-refractivity contribution in [3.8, 4) is 0 Å². The number of carbonyl (C=O) groups excluding carboxylic acids is 2. The Morgan fingerprint density at radius 2 is 2.13 bits per heavy atom. The smallest absolute Gasteiger partial charge is 0.331 e. The maximum atomic E-state index is 11.0. The van der Waals surface area contributed by atoms with Gasteiger partial charge in [-0.1, -0.05) is 0 Å². The molecule has 0 unspecified atom stereocenters. The highest BCUT2D eigenvalue weighted by atomic mass is 16.5. The summed E-state index contributed by atoms with van der Waals surface area (Å²) in [6.45, 7) is 0.0390. The fraction of sp³-hybridized carbons (Fsp3) is 0.200. The second-order valence-electron chi connectivity index (χ2n) is 2.54. The van der Waals surface area contributed by atoms with E-state index >= 15 is 0 Å². The Bertz CT molecular complexity index is 350. The van der Waals surface area contributed by atoms with Gasteiger partial charge in [-0.3, -0.25) is 0 Å². The van der Waals surface area contributed by atoms with Crippen LogP contribution >= 0.6 is 0 Å². The Balaban J connectivity index is 2.31. The Labute approximate surface area is 86.3 Å². The van der Waals surface area contributed by atoms with Crippen LogP contribution in [0, 0.1) is 0 Å². The minimum absolute atomic E-state index is 0.0390. The summed E-state index contributed by atoms with van der Waals surface area (Å²) in [7, 11) is 1.22. The Morgan fingerprint density at radius 1 is 1.40 bits per heavy atom. The molecular weight excluding hydrogens is 200 g/mol. The predicted molar refractivity (Wildman–Crippen MR) is 49.7 cm³/mol. The molecule has 0 radical (unpaired) electrons. The van der Waals surface area contributed by atoms with Gasteiger partial charge in [0.15, 0.2) is 0 Å². The monoisotopic (exact) mass is 210 g/mol. The Kier molecular flexibility index (Phi) is 4.15. The second kappa shape index (κ2) is 5.64. The first-order chi connectivity index (χ1) is 7.22. The highest BCUT2D eigenvalue weighted by Gasteiger charge is 2.01. The van der Waals surface area contributed by atoms with Gasteiger partial charge in [-0.15, -0.1) is 0 Å². The summed E-state index contributed by atoms with van der Waals surface area (Å²) >= 11 is 0. The number of rotatable bonds is 4. The van der Waals surface area contributed by atoms with Crippen LogP contribution < -0.4 is 0 Å². The van der Waals surface area contributed by atoms with Crippen LogP contribution in [0.3, 0.4) is 0 Å². The van der Waals surface area contributed by atoms with E-state index in [1.165, 1.54) is 13.4 Å². The lowest BCUT2D eigenvalue weighted by atomic mass is 10.4. The fourth-order valence-corrected chi connectivity index (χ4v) is 0.789. The number of furan rings is 1. The topological polar surface area (TPSA) is 65.7 Å². The van der Waals surface area contributed by atoms with Gasteiger partial charge in [0.05, 0.1) is 13.4 Å². The van der Waals surface area contributed by atoms with Crippen molar-refractivity contribution in [3.05, 3.63) is 36.3 Å². The number of esters is 2. The van der Waals surface area contributed by atoms with E-state index in [1.54, 1.807) is 12.1 Å². The third kappa shape index (κ3) is 4.12. The van der Waals surface area contributed by atoms with Gasteiger partial charge in [0.25, 0.3) is 0 Å². The van der Waals surface area contributed by atoms with Crippen molar-refractivity contribution in [1.29, 1.82) is 0 Å². The second-order valence-corrected chi connectivity index (χ2v) is 2.54. The van der Waals surface area contributed by atoms with E-state index in [4.69, 9.17) is 9.15 Å². The summed E-state index contributed by atoms with van der Waals surface area (Å²) in [6, 6.07) is 3.37. The summed E-state index contributed by atoms with van der Waals surface area (Å²) < 4.78 is 14.0. The van der Waals surface area contributed by atoms with Crippen LogP contribution in [0.2, 0.25) is 0 Å². The van der Waals surface area contributed by atoms with Crippen LogP contribution in [0.15, 0.2) is 35.0 Å². The number of hydrogen-bond acceptors (Lipinski definition) is 5. The normalized spacial score (nSPS) is 10.2. The molecule has 0 saturated carbocycles. The van der Waals surface area contributed by atoms with E-state index in [2.05, 4.69) is 4.74 Å². The van der Waals surface area contributed by atoms with Gasteiger partial charge < -0.3 is 13.9 Å². The van der Waals surface area contributed by atoms with Gasteiger partial charge in [0.1, 0.15) is 12.4 Å². The zero-order chi connectivity index (χ0) is 11.1. The SMILES string of the molecule is COC(=O)/C=C/C(=O)OCc1ccco1. The number of ether oxygens (including phenoxy) is 2. The van der Waals surface area contributed by atoms with Gasteiger partial charge in [-0.25, -0.2) is 9.59 Å². The largest absolute Gasteiger partial charge is 0.466 e. The van der Waals surface area contributed by atoms with Crippen LogP contribution in [0.1, 0.15) is 5.76 Å². The number of carbonyl (C=O) groups is 2. The Morgan fingerprint density at radius 3 is 2.73 bits per heavy atom. The molecule has 0 aliphatic rings. The maximum Gasteiger partial charge on any atom is 0.331 e. The molecule has 80 valence electrons. The summed E-state index contributed by atoms with van der Waals surface area (Å²) in [5.41, 5.74) is 0. The third-order valence-corrected chi connectivity index (χ3v) is 1.49. The summed E-state index contributed by atoms with van der Waals surface area (Å²) in [5.74, 6) is -0.698. The van der Waals surface area contributed by atoms with E-state index in [0.717, 1.165) is 12.2 Å². The standard InChI is InChI=1S/C10H10O5/c1-13-9(11)4-5-10(12)15-7-8-3-2-6-14-8/h2-6H,7H2,1H3/b5-4+. The molecule has 0 saturated heterocycles. The summed E-state index contributed by atoms with van der Waals surface area (Å²) in [4.78, 5) is 21.6. The van der Waals surface area contributed by atoms with Gasteiger partial charge in [-0.05, 0) is 12.1 Å². The lowest BCUT2D eigenvalue weighted by Gasteiger charge is -1.97. The lowest BCUT2D eigenvalue weighted by Crippen LogP contribution is -2.02. The van der Waals surface area contributed by atoms with E-state index in [9.17, 15) is 9.59 Å². The van der Waals surface area contributed by atoms with E-state index in [0.29, 0.717) is 5.76 Å². The molecule has 0 aliphatic carbocycles. The molecule has 0 aromatic carbocycles. The molecule has 0 bridgehead atoms. The van der Waals surface area contributed by atoms with Gasteiger partial charge in [0, 0.05) is 12.2 Å². The molecule has 0 aliphatic heterocycles. The molecular formula is C10H10O5. The van der Waals surface area contributed by atoms with Gasteiger partial charge in [-0.2, -0.15) is 0 Å². The minimum Gasteiger partial charge on any atom is -0.466 e. The fourth-order valence-electron chi connectivity index (χ4n) is 0.789. The molecule has 1 heterocycles. The summed E-state index contributed by atoms with van der Waals surface area (Å²) in [5, 5.41) is 0. The molecule has 1 rings (SSSR count). The van der Waals surface area contributed by atoms with Crippen LogP contribution in [0.5, 0.6) is 0 Å². The Hall–Kier alpha value is -2.04. The highest BCUT2D eigenvalue weighted by Crippen LogP contribution is 2.01. The van der Waals surface area contributed by atoms with Crippen molar-refractivity contribution in [3.63, 3.8) is 0 Å². The van der Waals surface area contributed by atoms with Crippen LogP contribution in [-0.4, -0.2) is 19.0 Å². The lowest BCUT2D eigenvalue weighted by molar-refractivity contribution is -0.140. The quantitative estimate of drug-likeness (QED) is 0.549. The first-order valence-electron chi connectivity index (χ1n) is 4.17. The zero-order valence-corrected chi connectivity index (χ0v) is 8.14. The first kappa shape index (κ1) is 11.0. The third-order valence-electron chi connectivity index (χ3n) is 1.49.